The fourth-order valence-corrected chi connectivity index (χ4v) is 7.44. The molecule has 3 aromatic rings. The monoisotopic (exact) mass is 563 g/mol. The van der Waals surface area contributed by atoms with Crippen molar-refractivity contribution in [2.24, 2.45) is 0 Å². The standard InChI is InChI=1S/C33H42ClN3O3/c1-22(2)36-14-6-9-26(21-36)40-18-17-35-15-16-37-30-19-24(33(38)39)10-12-27(30)31(23-7-4-3-5-8-23)32(37)28-13-11-25(34)20-29(28)35/h10-13,19-20,22-23,26H,3-9,14-18,21H2,1-2H3,(H,38,39). The predicted octanol–water partition coefficient (Wildman–Crippen LogP) is 7.42. The first-order chi connectivity index (χ1) is 19.4. The van der Waals surface area contributed by atoms with Crippen LogP contribution in [0.15, 0.2) is 36.4 Å². The summed E-state index contributed by atoms with van der Waals surface area (Å²) in [6.07, 6.45) is 8.75. The van der Waals surface area contributed by atoms with Gasteiger partial charge in [0.15, 0.2) is 0 Å². The van der Waals surface area contributed by atoms with Gasteiger partial charge in [-0.1, -0.05) is 36.9 Å². The van der Waals surface area contributed by atoms with E-state index < -0.39 is 5.97 Å². The van der Waals surface area contributed by atoms with Gasteiger partial charge in [-0.3, -0.25) is 4.90 Å². The van der Waals surface area contributed by atoms with Gasteiger partial charge in [-0.15, -0.1) is 0 Å². The number of halogens is 1. The van der Waals surface area contributed by atoms with E-state index in [-0.39, 0.29) is 6.10 Å². The molecule has 1 aromatic heterocycles. The smallest absolute Gasteiger partial charge is 0.335 e. The van der Waals surface area contributed by atoms with E-state index >= 15 is 0 Å². The molecule has 1 unspecified atom stereocenters. The van der Waals surface area contributed by atoms with Gasteiger partial charge in [0, 0.05) is 59.4 Å². The fourth-order valence-electron chi connectivity index (χ4n) is 7.28. The topological polar surface area (TPSA) is 57.9 Å². The summed E-state index contributed by atoms with van der Waals surface area (Å²) < 4.78 is 8.84. The molecule has 1 N–H and O–H groups in total. The minimum absolute atomic E-state index is 0.284. The van der Waals surface area contributed by atoms with Crippen LogP contribution in [0.25, 0.3) is 22.2 Å². The number of likely N-dealkylation sites (tertiary alicyclic amines) is 1. The molecule has 3 heterocycles. The Kier molecular flexibility index (Phi) is 8.11. The second-order valence-corrected chi connectivity index (χ2v) is 12.6. The molecular formula is C33H42ClN3O3. The van der Waals surface area contributed by atoms with Crippen LogP contribution in [0.5, 0.6) is 0 Å². The van der Waals surface area contributed by atoms with Crippen molar-refractivity contribution in [3.8, 4) is 11.3 Å². The number of hydrogen-bond donors (Lipinski definition) is 1. The third kappa shape index (κ3) is 5.38. The molecule has 214 valence electrons. The molecule has 0 amide bonds. The number of nitrogens with zero attached hydrogens (tertiary/aromatic N) is 3. The Labute approximate surface area is 242 Å². The number of benzene rings is 2. The lowest BCUT2D eigenvalue weighted by atomic mass is 9.81. The molecular weight excluding hydrogens is 522 g/mol. The van der Waals surface area contributed by atoms with Crippen LogP contribution in [0.3, 0.4) is 0 Å². The fraction of sp³-hybridized carbons (Fsp3) is 0.545. The van der Waals surface area contributed by atoms with Gasteiger partial charge in [-0.05, 0) is 87.9 Å². The Morgan fingerprint density at radius 1 is 1.02 bits per heavy atom. The second-order valence-electron chi connectivity index (χ2n) is 12.2. The number of rotatable bonds is 7. The molecule has 2 fully saturated rings. The number of anilines is 1. The highest BCUT2D eigenvalue weighted by atomic mass is 35.5. The highest BCUT2D eigenvalue weighted by Crippen LogP contribution is 2.47. The van der Waals surface area contributed by atoms with Crippen molar-refractivity contribution in [1.29, 1.82) is 0 Å². The van der Waals surface area contributed by atoms with Gasteiger partial charge in [0.1, 0.15) is 0 Å². The van der Waals surface area contributed by atoms with Crippen molar-refractivity contribution in [3.63, 3.8) is 0 Å². The zero-order chi connectivity index (χ0) is 27.8. The molecule has 1 atom stereocenters. The minimum Gasteiger partial charge on any atom is -0.478 e. The van der Waals surface area contributed by atoms with Crippen LogP contribution in [-0.2, 0) is 11.3 Å². The average molecular weight is 564 g/mol. The van der Waals surface area contributed by atoms with Gasteiger partial charge in [0.25, 0.3) is 0 Å². The highest BCUT2D eigenvalue weighted by molar-refractivity contribution is 6.31. The summed E-state index contributed by atoms with van der Waals surface area (Å²) >= 11 is 6.61. The Morgan fingerprint density at radius 2 is 1.85 bits per heavy atom. The van der Waals surface area contributed by atoms with Crippen molar-refractivity contribution in [1.82, 2.24) is 9.47 Å². The van der Waals surface area contributed by atoms with Gasteiger partial charge in [0.2, 0.25) is 0 Å². The number of aromatic carboxylic acids is 1. The maximum atomic E-state index is 11.9. The van der Waals surface area contributed by atoms with Crippen LogP contribution in [0.4, 0.5) is 5.69 Å². The van der Waals surface area contributed by atoms with Gasteiger partial charge >= 0.3 is 5.97 Å². The summed E-state index contributed by atoms with van der Waals surface area (Å²) in [4.78, 5) is 16.9. The van der Waals surface area contributed by atoms with E-state index in [4.69, 9.17) is 16.3 Å². The first kappa shape index (κ1) is 27.6. The summed E-state index contributed by atoms with van der Waals surface area (Å²) in [6.45, 7) is 9.78. The van der Waals surface area contributed by atoms with Crippen LogP contribution < -0.4 is 4.90 Å². The number of carboxylic acids is 1. The number of carboxylic acid groups (broad SMARTS) is 1. The molecule has 0 bridgehead atoms. The van der Waals surface area contributed by atoms with Crippen molar-refractivity contribution < 1.29 is 14.6 Å². The number of piperidine rings is 1. The van der Waals surface area contributed by atoms with E-state index in [1.807, 2.05) is 12.1 Å². The predicted molar refractivity (Wildman–Crippen MR) is 163 cm³/mol. The zero-order valence-electron chi connectivity index (χ0n) is 23.9. The molecule has 6 rings (SSSR count). The van der Waals surface area contributed by atoms with E-state index in [2.05, 4.69) is 46.4 Å². The summed E-state index contributed by atoms with van der Waals surface area (Å²) in [5.41, 5.74) is 6.37. The van der Waals surface area contributed by atoms with Crippen LogP contribution in [0.2, 0.25) is 5.02 Å². The van der Waals surface area contributed by atoms with Crippen molar-refractivity contribution in [2.75, 3.05) is 37.7 Å². The summed E-state index contributed by atoms with van der Waals surface area (Å²) in [5, 5.41) is 11.7. The molecule has 1 saturated carbocycles. The molecule has 2 aromatic carbocycles. The van der Waals surface area contributed by atoms with E-state index in [1.54, 1.807) is 6.07 Å². The minimum atomic E-state index is -0.880. The average Bonchev–Trinajstić information content (AvgIpc) is 3.20. The Morgan fingerprint density at radius 3 is 2.62 bits per heavy atom. The third-order valence-corrected chi connectivity index (χ3v) is 9.60. The Hall–Kier alpha value is -2.54. The molecule has 0 radical (unpaired) electrons. The van der Waals surface area contributed by atoms with Crippen LogP contribution in [0.1, 0.15) is 80.6 Å². The SMILES string of the molecule is CC(C)N1CCCC(OCCN2CCn3c(c(C4CCCCC4)c4ccc(C(=O)O)cc43)-c3ccc(Cl)cc32)C1. The molecule has 6 nitrogen and oxygen atoms in total. The summed E-state index contributed by atoms with van der Waals surface area (Å²) in [6, 6.07) is 12.5. The number of fused-ring (bicyclic) bond motifs is 5. The highest BCUT2D eigenvalue weighted by Gasteiger charge is 2.31. The van der Waals surface area contributed by atoms with Crippen molar-refractivity contribution in [3.05, 3.63) is 52.5 Å². The van der Waals surface area contributed by atoms with E-state index in [9.17, 15) is 9.90 Å². The van der Waals surface area contributed by atoms with Gasteiger partial charge < -0.3 is 19.3 Å². The summed E-state index contributed by atoms with van der Waals surface area (Å²) in [7, 11) is 0. The maximum absolute atomic E-state index is 11.9. The van der Waals surface area contributed by atoms with Crippen molar-refractivity contribution in [2.45, 2.75) is 83.4 Å². The summed E-state index contributed by atoms with van der Waals surface area (Å²) in [5.74, 6) is -0.396. The zero-order valence-corrected chi connectivity index (χ0v) is 24.6. The molecule has 3 aliphatic rings. The molecule has 7 heteroatoms. The van der Waals surface area contributed by atoms with E-state index in [0.717, 1.165) is 55.4 Å². The van der Waals surface area contributed by atoms with Crippen LogP contribution >= 0.6 is 11.6 Å². The lowest BCUT2D eigenvalue weighted by molar-refractivity contribution is -0.00560. The van der Waals surface area contributed by atoms with Crippen molar-refractivity contribution >= 4 is 34.2 Å². The Bertz CT molecular complexity index is 1380. The lowest BCUT2D eigenvalue weighted by Gasteiger charge is -2.35. The largest absolute Gasteiger partial charge is 0.478 e. The molecule has 1 aliphatic carbocycles. The number of carbonyl (C=O) groups is 1. The maximum Gasteiger partial charge on any atom is 0.335 e. The van der Waals surface area contributed by atoms with Crippen LogP contribution in [-0.4, -0.2) is 65.5 Å². The molecule has 40 heavy (non-hydrogen) atoms. The Balaban J connectivity index is 1.35. The van der Waals surface area contributed by atoms with E-state index in [1.165, 1.54) is 60.7 Å². The molecule has 1 saturated heterocycles. The van der Waals surface area contributed by atoms with Gasteiger partial charge in [0.05, 0.1) is 24.0 Å². The number of ether oxygens (including phenoxy) is 1. The van der Waals surface area contributed by atoms with E-state index in [0.29, 0.717) is 24.1 Å². The quantitative estimate of drug-likeness (QED) is 0.324. The number of hydrogen-bond acceptors (Lipinski definition) is 4. The molecule has 0 spiro atoms. The van der Waals surface area contributed by atoms with Crippen LogP contribution in [0, 0.1) is 0 Å². The second kappa shape index (κ2) is 11.8. The first-order valence-electron chi connectivity index (χ1n) is 15.2. The normalized spacial score (nSPS) is 20.5. The van der Waals surface area contributed by atoms with Gasteiger partial charge in [-0.25, -0.2) is 4.79 Å². The molecule has 2 aliphatic heterocycles. The lowest BCUT2D eigenvalue weighted by Crippen LogP contribution is -2.44. The first-order valence-corrected chi connectivity index (χ1v) is 15.6. The van der Waals surface area contributed by atoms with Gasteiger partial charge in [-0.2, -0.15) is 0 Å². The third-order valence-electron chi connectivity index (χ3n) is 9.37. The number of aromatic nitrogens is 1.